The topological polar surface area (TPSA) is 77.2 Å². The second-order valence-electron chi connectivity index (χ2n) is 7.83. The first-order valence-corrected chi connectivity index (χ1v) is 9.75. The van der Waals surface area contributed by atoms with Crippen molar-refractivity contribution >= 4 is 22.7 Å². The Bertz CT molecular complexity index is 827. The van der Waals surface area contributed by atoms with Crippen molar-refractivity contribution < 1.29 is 9.59 Å². The van der Waals surface area contributed by atoms with Gasteiger partial charge in [0.2, 0.25) is 11.8 Å². The molecule has 2 atom stereocenters. The van der Waals surface area contributed by atoms with Crippen LogP contribution in [0.15, 0.2) is 24.4 Å². The number of hydrogen-bond donors (Lipinski definition) is 3. The third kappa shape index (κ3) is 4.33. The highest BCUT2D eigenvalue weighted by atomic mass is 16.2. The Morgan fingerprint density at radius 1 is 1.33 bits per heavy atom. The number of carbonyl (C=O) groups is 2. The number of aryl methyl sites for hydroxylation is 1. The molecule has 2 heterocycles. The molecule has 2 amide bonds. The van der Waals surface area contributed by atoms with E-state index in [0.29, 0.717) is 6.54 Å². The number of amides is 2. The highest BCUT2D eigenvalue weighted by molar-refractivity contribution is 5.89. The number of nitrogens with one attached hydrogen (secondary N) is 3. The zero-order chi connectivity index (χ0) is 19.6. The summed E-state index contributed by atoms with van der Waals surface area (Å²) in [6.45, 7) is 9.64. The molecule has 0 saturated carbocycles. The van der Waals surface area contributed by atoms with Crippen LogP contribution in [0.3, 0.4) is 0 Å². The molecule has 1 aromatic heterocycles. The number of aromatic nitrogens is 1. The fraction of sp³-hybridized carbons (Fsp3) is 0.524. The van der Waals surface area contributed by atoms with Crippen LogP contribution in [0.2, 0.25) is 0 Å². The van der Waals surface area contributed by atoms with Crippen molar-refractivity contribution in [1.82, 2.24) is 20.5 Å². The molecule has 3 N–H and O–H groups in total. The summed E-state index contributed by atoms with van der Waals surface area (Å²) in [4.78, 5) is 30.2. The number of carbonyl (C=O) groups excluding carboxylic acids is 2. The van der Waals surface area contributed by atoms with Crippen molar-refractivity contribution in [2.45, 2.75) is 58.7 Å². The van der Waals surface area contributed by atoms with Gasteiger partial charge in [-0.2, -0.15) is 0 Å². The first-order chi connectivity index (χ1) is 12.9. The van der Waals surface area contributed by atoms with Gasteiger partial charge in [0.15, 0.2) is 0 Å². The van der Waals surface area contributed by atoms with Gasteiger partial charge in [-0.3, -0.25) is 14.5 Å². The van der Waals surface area contributed by atoms with E-state index in [0.717, 1.165) is 18.5 Å². The second kappa shape index (κ2) is 8.13. The minimum absolute atomic E-state index is 0.00355. The summed E-state index contributed by atoms with van der Waals surface area (Å²) in [5.74, 6) is -0.129. The number of H-pyrrole nitrogens is 1. The lowest BCUT2D eigenvalue weighted by Gasteiger charge is -2.37. The average molecular weight is 370 g/mol. The number of hydrogen-bond acceptors (Lipinski definition) is 3. The predicted molar refractivity (Wildman–Crippen MR) is 108 cm³/mol. The van der Waals surface area contributed by atoms with Crippen LogP contribution in [0.25, 0.3) is 10.9 Å². The molecule has 1 saturated heterocycles. The monoisotopic (exact) mass is 370 g/mol. The molecule has 2 aromatic rings. The van der Waals surface area contributed by atoms with Gasteiger partial charge < -0.3 is 15.6 Å². The zero-order valence-electron chi connectivity index (χ0n) is 16.6. The third-order valence-electron chi connectivity index (χ3n) is 5.36. The van der Waals surface area contributed by atoms with Crippen molar-refractivity contribution in [2.24, 2.45) is 0 Å². The van der Waals surface area contributed by atoms with Crippen molar-refractivity contribution in [3.63, 3.8) is 0 Å². The van der Waals surface area contributed by atoms with Crippen molar-refractivity contribution in [1.29, 1.82) is 0 Å². The molecule has 0 aliphatic carbocycles. The fourth-order valence-corrected chi connectivity index (χ4v) is 3.98. The van der Waals surface area contributed by atoms with Crippen LogP contribution in [0.4, 0.5) is 0 Å². The van der Waals surface area contributed by atoms with Crippen molar-refractivity contribution in [3.8, 4) is 0 Å². The minimum Gasteiger partial charge on any atom is -0.361 e. The molecule has 6 heteroatoms. The minimum atomic E-state index is -0.387. The van der Waals surface area contributed by atoms with Crippen LogP contribution in [-0.4, -0.2) is 52.9 Å². The summed E-state index contributed by atoms with van der Waals surface area (Å²) in [7, 11) is 0. The van der Waals surface area contributed by atoms with Crippen LogP contribution in [0.5, 0.6) is 0 Å². The molecule has 1 aliphatic heterocycles. The average Bonchev–Trinajstić information content (AvgIpc) is 3.00. The Kier molecular flexibility index (Phi) is 5.85. The first-order valence-electron chi connectivity index (χ1n) is 9.75. The van der Waals surface area contributed by atoms with Crippen LogP contribution in [0.1, 0.15) is 38.3 Å². The maximum absolute atomic E-state index is 12.6. The van der Waals surface area contributed by atoms with Crippen LogP contribution >= 0.6 is 0 Å². The summed E-state index contributed by atoms with van der Waals surface area (Å²) in [5, 5.41) is 7.14. The molecule has 27 heavy (non-hydrogen) atoms. The third-order valence-corrected chi connectivity index (χ3v) is 5.36. The van der Waals surface area contributed by atoms with Crippen molar-refractivity contribution in [2.75, 3.05) is 13.1 Å². The Labute approximate surface area is 160 Å². The summed E-state index contributed by atoms with van der Waals surface area (Å²) in [5.41, 5.74) is 3.56. The molecule has 0 unspecified atom stereocenters. The van der Waals surface area contributed by atoms with Crippen LogP contribution in [0, 0.1) is 6.92 Å². The van der Waals surface area contributed by atoms with Gasteiger partial charge in [-0.15, -0.1) is 0 Å². The Balaban J connectivity index is 1.61. The number of fused-ring (bicyclic) bond motifs is 1. The first kappa shape index (κ1) is 19.4. The quantitative estimate of drug-likeness (QED) is 0.729. The SMILES string of the molecule is Cc1cccc2c(C[C@@H](C)NC(=O)C[C@@H]3C(=O)NCCN3C(C)C)c[nH]c12. The van der Waals surface area contributed by atoms with Gasteiger partial charge in [-0.25, -0.2) is 0 Å². The molecule has 146 valence electrons. The molecule has 1 fully saturated rings. The highest BCUT2D eigenvalue weighted by Gasteiger charge is 2.33. The van der Waals surface area contributed by atoms with Gasteiger partial charge in [0.1, 0.15) is 0 Å². The van der Waals surface area contributed by atoms with Gasteiger partial charge in [0.05, 0.1) is 12.5 Å². The molecule has 3 rings (SSSR count). The summed E-state index contributed by atoms with van der Waals surface area (Å²) in [6, 6.07) is 6.10. The Morgan fingerprint density at radius 2 is 2.11 bits per heavy atom. The molecular weight excluding hydrogens is 340 g/mol. The molecule has 1 aliphatic rings. The summed E-state index contributed by atoms with van der Waals surface area (Å²) < 4.78 is 0. The zero-order valence-corrected chi connectivity index (χ0v) is 16.6. The van der Waals surface area contributed by atoms with Gasteiger partial charge in [0.25, 0.3) is 0 Å². The smallest absolute Gasteiger partial charge is 0.237 e. The molecule has 6 nitrogen and oxygen atoms in total. The number of rotatable bonds is 6. The fourth-order valence-electron chi connectivity index (χ4n) is 3.98. The Hall–Kier alpha value is -2.34. The van der Waals surface area contributed by atoms with E-state index < -0.39 is 0 Å². The number of piperazine rings is 1. The summed E-state index contributed by atoms with van der Waals surface area (Å²) in [6.07, 6.45) is 2.97. The maximum atomic E-state index is 12.6. The molecular formula is C21H30N4O2. The van der Waals surface area contributed by atoms with Gasteiger partial charge in [0, 0.05) is 42.3 Å². The standard InChI is InChI=1S/C21H30N4O2/c1-13(2)25-9-8-22-21(27)18(25)11-19(26)24-15(4)10-16-12-23-20-14(3)6-5-7-17(16)20/h5-7,12-13,15,18,23H,8-11H2,1-4H3,(H,22,27)(H,24,26)/t15-,18-/m1/s1. The molecule has 0 radical (unpaired) electrons. The largest absolute Gasteiger partial charge is 0.361 e. The van der Waals surface area contributed by atoms with Gasteiger partial charge >= 0.3 is 0 Å². The van der Waals surface area contributed by atoms with E-state index in [-0.39, 0.29) is 36.4 Å². The van der Waals surface area contributed by atoms with E-state index in [9.17, 15) is 9.59 Å². The Morgan fingerprint density at radius 3 is 2.85 bits per heavy atom. The molecule has 0 spiro atoms. The van der Waals surface area contributed by atoms with Crippen LogP contribution in [-0.2, 0) is 16.0 Å². The van der Waals surface area contributed by atoms with E-state index in [1.807, 2.05) is 13.1 Å². The van der Waals surface area contributed by atoms with Gasteiger partial charge in [-0.05, 0) is 45.2 Å². The number of para-hydroxylation sites is 1. The summed E-state index contributed by atoms with van der Waals surface area (Å²) >= 11 is 0. The second-order valence-corrected chi connectivity index (χ2v) is 7.83. The highest BCUT2D eigenvalue weighted by Crippen LogP contribution is 2.22. The van der Waals surface area contributed by atoms with E-state index in [4.69, 9.17) is 0 Å². The number of nitrogens with zero attached hydrogens (tertiary/aromatic N) is 1. The molecule has 1 aromatic carbocycles. The van der Waals surface area contributed by atoms with E-state index in [1.165, 1.54) is 16.5 Å². The van der Waals surface area contributed by atoms with Gasteiger partial charge in [-0.1, -0.05) is 18.2 Å². The number of benzene rings is 1. The lowest BCUT2D eigenvalue weighted by atomic mass is 10.0. The number of aromatic amines is 1. The predicted octanol–water partition coefficient (Wildman–Crippen LogP) is 2.12. The van der Waals surface area contributed by atoms with E-state index >= 15 is 0 Å². The normalized spacial score (nSPS) is 19.3. The maximum Gasteiger partial charge on any atom is 0.237 e. The lowest BCUT2D eigenvalue weighted by Crippen LogP contribution is -2.58. The van der Waals surface area contributed by atoms with E-state index in [2.05, 4.69) is 59.5 Å². The molecule has 0 bridgehead atoms. The van der Waals surface area contributed by atoms with Crippen LogP contribution < -0.4 is 10.6 Å². The lowest BCUT2D eigenvalue weighted by molar-refractivity contribution is -0.135. The van der Waals surface area contributed by atoms with Crippen molar-refractivity contribution in [3.05, 3.63) is 35.5 Å². The van der Waals surface area contributed by atoms with E-state index in [1.54, 1.807) is 0 Å².